The van der Waals surface area contributed by atoms with Gasteiger partial charge in [-0.15, -0.1) is 0 Å². The number of halogens is 2. The maximum Gasteiger partial charge on any atom is 0.201 e. The van der Waals surface area contributed by atoms with Gasteiger partial charge < -0.3 is 9.47 Å². The number of hydrogen-bond donors (Lipinski definition) is 0. The van der Waals surface area contributed by atoms with E-state index in [-0.39, 0.29) is 5.75 Å². The lowest BCUT2D eigenvalue weighted by atomic mass is 10.0. The third kappa shape index (κ3) is 2.90. The van der Waals surface area contributed by atoms with Crippen molar-refractivity contribution in [3.63, 3.8) is 0 Å². The molecule has 0 unspecified atom stereocenters. The lowest BCUT2D eigenvalue weighted by molar-refractivity contribution is 0.295. The summed E-state index contributed by atoms with van der Waals surface area (Å²) in [5.74, 6) is -0.967. The van der Waals surface area contributed by atoms with Crippen LogP contribution in [-0.4, -0.2) is 13.2 Å². The van der Waals surface area contributed by atoms with Crippen molar-refractivity contribution < 1.29 is 18.3 Å². The van der Waals surface area contributed by atoms with Crippen LogP contribution in [0.25, 0.3) is 11.1 Å². The molecular formula is C19H20F2O2. The summed E-state index contributed by atoms with van der Waals surface area (Å²) in [6, 6.07) is 7.15. The van der Waals surface area contributed by atoms with Crippen molar-refractivity contribution in [3.05, 3.63) is 47.0 Å². The number of ether oxygens (including phenoxy) is 2. The van der Waals surface area contributed by atoms with Crippen LogP contribution in [0.3, 0.4) is 0 Å². The Morgan fingerprint density at radius 2 is 1.65 bits per heavy atom. The molecule has 0 radical (unpaired) electrons. The molecule has 0 aliphatic heterocycles. The Morgan fingerprint density at radius 3 is 2.39 bits per heavy atom. The quantitative estimate of drug-likeness (QED) is 0.628. The molecule has 2 aromatic carbocycles. The zero-order chi connectivity index (χ0) is 16.4. The van der Waals surface area contributed by atoms with Gasteiger partial charge in [0.15, 0.2) is 11.6 Å². The second-order valence-electron chi connectivity index (χ2n) is 5.73. The van der Waals surface area contributed by atoms with Gasteiger partial charge in [-0.2, -0.15) is 4.39 Å². The summed E-state index contributed by atoms with van der Waals surface area (Å²) >= 11 is 0. The molecule has 4 heteroatoms. The van der Waals surface area contributed by atoms with E-state index < -0.39 is 11.6 Å². The van der Waals surface area contributed by atoms with Gasteiger partial charge >= 0.3 is 0 Å². The highest BCUT2D eigenvalue weighted by Crippen LogP contribution is 2.43. The van der Waals surface area contributed by atoms with Crippen LogP contribution < -0.4 is 9.47 Å². The van der Waals surface area contributed by atoms with Crippen LogP contribution in [-0.2, 0) is 6.42 Å². The molecule has 23 heavy (non-hydrogen) atoms. The van der Waals surface area contributed by atoms with Crippen molar-refractivity contribution in [1.82, 2.24) is 0 Å². The normalized spacial score (nSPS) is 12.0. The lowest BCUT2D eigenvalue weighted by Gasteiger charge is -2.10. The third-order valence-corrected chi connectivity index (χ3v) is 3.92. The summed E-state index contributed by atoms with van der Waals surface area (Å²) in [5, 5.41) is 0. The minimum absolute atomic E-state index is 0.00152. The van der Waals surface area contributed by atoms with Crippen molar-refractivity contribution in [3.8, 4) is 22.6 Å². The van der Waals surface area contributed by atoms with E-state index in [1.807, 2.05) is 26.0 Å². The van der Waals surface area contributed by atoms with Crippen LogP contribution in [0.4, 0.5) is 8.78 Å². The summed E-state index contributed by atoms with van der Waals surface area (Å²) in [7, 11) is 0. The van der Waals surface area contributed by atoms with Gasteiger partial charge in [-0.25, -0.2) is 4.39 Å². The number of hydrogen-bond acceptors (Lipinski definition) is 2. The first-order valence-corrected chi connectivity index (χ1v) is 8.05. The monoisotopic (exact) mass is 318 g/mol. The number of fused-ring (bicyclic) bond motifs is 3. The molecule has 0 heterocycles. The molecule has 122 valence electrons. The predicted molar refractivity (Wildman–Crippen MR) is 86.2 cm³/mol. The molecule has 0 atom stereocenters. The molecule has 1 aliphatic rings. The van der Waals surface area contributed by atoms with E-state index in [0.29, 0.717) is 25.2 Å². The van der Waals surface area contributed by atoms with Gasteiger partial charge in [0.05, 0.1) is 13.2 Å². The van der Waals surface area contributed by atoms with Crippen molar-refractivity contribution in [2.24, 2.45) is 0 Å². The van der Waals surface area contributed by atoms with Gasteiger partial charge in [0, 0.05) is 5.56 Å². The third-order valence-electron chi connectivity index (χ3n) is 3.92. The Kier molecular flexibility index (Phi) is 4.51. The molecule has 3 rings (SSSR count). The molecule has 0 saturated heterocycles. The fraction of sp³-hybridized carbons (Fsp3) is 0.368. The summed E-state index contributed by atoms with van der Waals surface area (Å²) in [5.41, 5.74) is 2.81. The van der Waals surface area contributed by atoms with E-state index in [1.54, 1.807) is 12.1 Å². The van der Waals surface area contributed by atoms with E-state index >= 15 is 0 Å². The summed E-state index contributed by atoms with van der Waals surface area (Å²) in [4.78, 5) is 0. The first kappa shape index (κ1) is 15.8. The SMILES string of the molecule is CCCOc1ccc2c(c1)Cc1cc(OCCC)c(F)c(F)c1-2. The van der Waals surface area contributed by atoms with Gasteiger partial charge in [-0.3, -0.25) is 0 Å². The van der Waals surface area contributed by atoms with Gasteiger partial charge in [0.2, 0.25) is 5.82 Å². The largest absolute Gasteiger partial charge is 0.494 e. The summed E-state index contributed by atoms with van der Waals surface area (Å²) in [6.07, 6.45) is 2.24. The first-order chi connectivity index (χ1) is 11.2. The number of rotatable bonds is 6. The molecule has 0 amide bonds. The van der Waals surface area contributed by atoms with Crippen LogP contribution in [0.2, 0.25) is 0 Å². The smallest absolute Gasteiger partial charge is 0.201 e. The van der Waals surface area contributed by atoms with Crippen molar-refractivity contribution in [2.75, 3.05) is 13.2 Å². The zero-order valence-electron chi connectivity index (χ0n) is 13.4. The van der Waals surface area contributed by atoms with Crippen LogP contribution >= 0.6 is 0 Å². The van der Waals surface area contributed by atoms with Gasteiger partial charge in [-0.05, 0) is 54.2 Å². The van der Waals surface area contributed by atoms with Crippen LogP contribution in [0, 0.1) is 11.6 Å². The molecule has 2 aromatic rings. The Hall–Kier alpha value is -2.10. The Morgan fingerprint density at radius 1 is 0.913 bits per heavy atom. The van der Waals surface area contributed by atoms with Crippen molar-refractivity contribution in [1.29, 1.82) is 0 Å². The summed E-state index contributed by atoms with van der Waals surface area (Å²) in [6.45, 7) is 4.98. The highest BCUT2D eigenvalue weighted by Gasteiger charge is 2.27. The van der Waals surface area contributed by atoms with Crippen LogP contribution in [0.5, 0.6) is 11.5 Å². The minimum atomic E-state index is -0.906. The first-order valence-electron chi connectivity index (χ1n) is 8.05. The maximum absolute atomic E-state index is 14.5. The highest BCUT2D eigenvalue weighted by atomic mass is 19.2. The van der Waals surface area contributed by atoms with Crippen LogP contribution in [0.1, 0.15) is 37.8 Å². The maximum atomic E-state index is 14.5. The Bertz CT molecular complexity index is 726. The molecule has 0 saturated carbocycles. The van der Waals surface area contributed by atoms with Gasteiger partial charge in [0.25, 0.3) is 0 Å². The van der Waals surface area contributed by atoms with E-state index in [0.717, 1.165) is 35.3 Å². The van der Waals surface area contributed by atoms with Gasteiger partial charge in [-0.1, -0.05) is 19.9 Å². The predicted octanol–water partition coefficient (Wildman–Crippen LogP) is 5.11. The average Bonchev–Trinajstić information content (AvgIpc) is 2.92. The second-order valence-corrected chi connectivity index (χ2v) is 5.73. The fourth-order valence-corrected chi connectivity index (χ4v) is 2.88. The van der Waals surface area contributed by atoms with Gasteiger partial charge in [0.1, 0.15) is 5.75 Å². The number of benzene rings is 2. The zero-order valence-corrected chi connectivity index (χ0v) is 13.4. The lowest BCUT2D eigenvalue weighted by Crippen LogP contribution is -2.01. The molecular weight excluding hydrogens is 298 g/mol. The Labute approximate surface area is 135 Å². The second kappa shape index (κ2) is 6.57. The van der Waals surface area contributed by atoms with E-state index in [2.05, 4.69) is 0 Å². The highest BCUT2D eigenvalue weighted by molar-refractivity contribution is 5.78. The summed E-state index contributed by atoms with van der Waals surface area (Å²) < 4.78 is 39.6. The molecule has 0 spiro atoms. The van der Waals surface area contributed by atoms with Crippen molar-refractivity contribution in [2.45, 2.75) is 33.1 Å². The van der Waals surface area contributed by atoms with E-state index in [9.17, 15) is 8.78 Å². The van der Waals surface area contributed by atoms with E-state index in [4.69, 9.17) is 9.47 Å². The molecule has 0 fully saturated rings. The minimum Gasteiger partial charge on any atom is -0.494 e. The average molecular weight is 318 g/mol. The van der Waals surface area contributed by atoms with Crippen LogP contribution in [0.15, 0.2) is 24.3 Å². The van der Waals surface area contributed by atoms with Crippen molar-refractivity contribution >= 4 is 0 Å². The molecule has 1 aliphatic carbocycles. The topological polar surface area (TPSA) is 18.5 Å². The molecule has 2 nitrogen and oxygen atoms in total. The molecule has 0 aromatic heterocycles. The molecule has 0 N–H and O–H groups in total. The fourth-order valence-electron chi connectivity index (χ4n) is 2.88. The molecule has 0 bridgehead atoms. The van der Waals surface area contributed by atoms with E-state index in [1.165, 1.54) is 0 Å². The standard InChI is InChI=1S/C19H20F2O2/c1-3-7-22-14-5-6-15-12(10-14)9-13-11-16(23-8-4-2)18(20)19(21)17(13)15/h5-6,10-11H,3-4,7-9H2,1-2H3. The Balaban J connectivity index is 1.97.